The van der Waals surface area contributed by atoms with Crippen molar-refractivity contribution in [1.82, 2.24) is 5.32 Å². The highest BCUT2D eigenvalue weighted by Crippen LogP contribution is 2.39. The number of hydrogen-bond acceptors (Lipinski definition) is 6. The molecule has 0 heterocycles. The number of esters is 1. The molecule has 1 aliphatic carbocycles. The van der Waals surface area contributed by atoms with Gasteiger partial charge in [0.2, 0.25) is 0 Å². The van der Waals surface area contributed by atoms with Crippen LogP contribution in [0, 0.1) is 29.6 Å². The van der Waals surface area contributed by atoms with Crippen LogP contribution in [0.5, 0.6) is 0 Å². The van der Waals surface area contributed by atoms with E-state index in [9.17, 15) is 14.7 Å². The van der Waals surface area contributed by atoms with E-state index in [1.54, 1.807) is 38.1 Å². The van der Waals surface area contributed by atoms with Gasteiger partial charge in [0.1, 0.15) is 6.04 Å². The van der Waals surface area contributed by atoms with Crippen molar-refractivity contribution in [2.45, 2.75) is 50.3 Å². The summed E-state index contributed by atoms with van der Waals surface area (Å²) in [5.41, 5.74) is 5.20. The number of nitrogens with two attached hydrogens (primary N) is 1. The summed E-state index contributed by atoms with van der Waals surface area (Å²) in [7, 11) is 1.24. The molecule has 0 radical (unpaired) electrons. The van der Waals surface area contributed by atoms with Gasteiger partial charge in [-0.05, 0) is 68.7 Å². The van der Waals surface area contributed by atoms with E-state index in [-0.39, 0.29) is 12.5 Å². The number of carbonyl (C=O) groups is 2. The lowest BCUT2D eigenvalue weighted by Gasteiger charge is -2.41. The van der Waals surface area contributed by atoms with Gasteiger partial charge in [-0.25, -0.2) is 4.79 Å². The highest BCUT2D eigenvalue weighted by molar-refractivity contribution is 5.97. The number of amides is 1. The fourth-order valence-corrected chi connectivity index (χ4v) is 3.23. The number of methoxy groups -OCH3 is 1. The molecule has 7 heteroatoms. The maximum absolute atomic E-state index is 12.4. The monoisotopic (exact) mass is 412 g/mol. The number of aliphatic hydroxyl groups excluding tert-OH is 1. The first kappa shape index (κ1) is 23.4. The van der Waals surface area contributed by atoms with Crippen molar-refractivity contribution in [3.63, 3.8) is 0 Å². The molecule has 1 saturated carbocycles. The van der Waals surface area contributed by atoms with Gasteiger partial charge < -0.3 is 26.0 Å². The van der Waals surface area contributed by atoms with E-state index in [0.717, 1.165) is 0 Å². The molecule has 1 fully saturated rings. The Bertz CT molecular complexity index is 888. The van der Waals surface area contributed by atoms with Crippen LogP contribution in [0.1, 0.15) is 49.0 Å². The van der Waals surface area contributed by atoms with Gasteiger partial charge in [-0.3, -0.25) is 4.79 Å². The molecule has 1 atom stereocenters. The minimum atomic E-state index is -0.988. The van der Waals surface area contributed by atoms with Crippen LogP contribution in [0.4, 0.5) is 0 Å². The summed E-state index contributed by atoms with van der Waals surface area (Å²) in [6.07, 6.45) is 1.46. The highest BCUT2D eigenvalue weighted by atomic mass is 16.5. The van der Waals surface area contributed by atoms with E-state index in [2.05, 4.69) is 29.0 Å². The third-order valence-electron chi connectivity index (χ3n) is 4.97. The van der Waals surface area contributed by atoms with Crippen molar-refractivity contribution in [2.24, 2.45) is 11.7 Å². The third-order valence-corrected chi connectivity index (χ3v) is 4.97. The van der Waals surface area contributed by atoms with E-state index in [1.807, 2.05) is 0 Å². The molecule has 30 heavy (non-hydrogen) atoms. The molecule has 1 aromatic rings. The molecule has 0 spiro atoms. The minimum Gasteiger partial charge on any atom is -0.467 e. The zero-order chi connectivity index (χ0) is 22.4. The third kappa shape index (κ3) is 6.33. The van der Waals surface area contributed by atoms with Crippen molar-refractivity contribution in [1.29, 1.82) is 0 Å². The summed E-state index contributed by atoms with van der Waals surface area (Å²) in [5.74, 6) is 10.3. The second-order valence-electron chi connectivity index (χ2n) is 8.24. The summed E-state index contributed by atoms with van der Waals surface area (Å²) in [5, 5.41) is 21.7. The van der Waals surface area contributed by atoms with Crippen molar-refractivity contribution < 1.29 is 24.5 Å². The zero-order valence-electron chi connectivity index (χ0n) is 17.5. The molecule has 7 nitrogen and oxygen atoms in total. The predicted molar refractivity (Wildman–Crippen MR) is 112 cm³/mol. The minimum absolute atomic E-state index is 0.0941. The Morgan fingerprint density at radius 3 is 2.47 bits per heavy atom. The lowest BCUT2D eigenvalue weighted by Crippen LogP contribution is -2.59. The van der Waals surface area contributed by atoms with Gasteiger partial charge >= 0.3 is 5.97 Å². The molecule has 1 amide bonds. The lowest BCUT2D eigenvalue weighted by molar-refractivity contribution is -0.144. The second kappa shape index (κ2) is 9.77. The van der Waals surface area contributed by atoms with Gasteiger partial charge in [-0.1, -0.05) is 11.8 Å². The van der Waals surface area contributed by atoms with Crippen LogP contribution in [0.15, 0.2) is 24.3 Å². The van der Waals surface area contributed by atoms with Crippen molar-refractivity contribution >= 4 is 11.9 Å². The van der Waals surface area contributed by atoms with Crippen LogP contribution in [0.25, 0.3) is 0 Å². The fourth-order valence-electron chi connectivity index (χ4n) is 3.23. The van der Waals surface area contributed by atoms with Gasteiger partial charge in [0.05, 0.1) is 12.7 Å². The number of nitrogens with one attached hydrogen (secondary N) is 1. The molecular formula is C23H28N2O5. The molecule has 1 aromatic carbocycles. The van der Waals surface area contributed by atoms with Crippen LogP contribution in [0.2, 0.25) is 0 Å². The van der Waals surface area contributed by atoms with Gasteiger partial charge in [-0.15, -0.1) is 0 Å². The number of ether oxygens (including phenoxy) is 1. The molecule has 0 bridgehead atoms. The Balaban J connectivity index is 1.94. The van der Waals surface area contributed by atoms with Crippen LogP contribution in [-0.2, 0) is 9.53 Å². The molecule has 0 aromatic heterocycles. The van der Waals surface area contributed by atoms with Crippen LogP contribution in [-0.4, -0.2) is 53.0 Å². The van der Waals surface area contributed by atoms with E-state index in [1.165, 1.54) is 7.11 Å². The normalized spacial score (nSPS) is 21.1. The first-order chi connectivity index (χ1) is 14.1. The van der Waals surface area contributed by atoms with E-state index in [0.29, 0.717) is 30.4 Å². The number of rotatable bonds is 6. The summed E-state index contributed by atoms with van der Waals surface area (Å²) in [6.45, 7) is 3.35. The predicted octanol–water partition coefficient (Wildman–Crippen LogP) is 0.574. The molecule has 160 valence electrons. The van der Waals surface area contributed by atoms with Crippen molar-refractivity contribution in [3.8, 4) is 23.7 Å². The standard InChI is InChI=1S/C23H28N2O5/c1-22(2,24)19(21(28)30-3)25-20(27)18-10-8-16(9-11-18)7-5-4-6-12-23(29)13-17(14-23)15-26/h8-11,17,19,26,29H,12-15,24H2,1-3H3,(H,25,27)/t17?,19-,23?/m1/s1. The quantitative estimate of drug-likeness (QED) is 0.400. The topological polar surface area (TPSA) is 122 Å². The Kier molecular flexibility index (Phi) is 7.64. The maximum atomic E-state index is 12.4. The van der Waals surface area contributed by atoms with Gasteiger partial charge in [0.15, 0.2) is 0 Å². The number of hydrogen-bond donors (Lipinski definition) is 4. The summed E-state index contributed by atoms with van der Waals surface area (Å²) < 4.78 is 4.71. The van der Waals surface area contributed by atoms with Crippen molar-refractivity contribution in [3.05, 3.63) is 35.4 Å². The Morgan fingerprint density at radius 2 is 1.93 bits per heavy atom. The Labute approximate surface area is 177 Å². The van der Waals surface area contributed by atoms with Crippen LogP contribution < -0.4 is 11.1 Å². The Morgan fingerprint density at radius 1 is 1.30 bits per heavy atom. The van der Waals surface area contributed by atoms with Gasteiger partial charge in [-0.2, -0.15) is 0 Å². The fraction of sp³-hybridized carbons (Fsp3) is 0.478. The summed E-state index contributed by atoms with van der Waals surface area (Å²) in [6, 6.07) is 5.56. The molecule has 5 N–H and O–H groups in total. The number of aliphatic hydroxyl groups is 2. The first-order valence-corrected chi connectivity index (χ1v) is 9.68. The average Bonchev–Trinajstić information content (AvgIpc) is 2.68. The Hall–Kier alpha value is -2.84. The maximum Gasteiger partial charge on any atom is 0.330 e. The number of carbonyl (C=O) groups excluding carboxylic acids is 2. The van der Waals surface area contributed by atoms with Crippen molar-refractivity contribution in [2.75, 3.05) is 13.7 Å². The highest BCUT2D eigenvalue weighted by Gasteiger charge is 2.41. The summed E-state index contributed by atoms with van der Waals surface area (Å²) >= 11 is 0. The van der Waals surface area contributed by atoms with Gasteiger partial charge in [0.25, 0.3) is 5.91 Å². The zero-order valence-corrected chi connectivity index (χ0v) is 17.5. The average molecular weight is 412 g/mol. The molecular weight excluding hydrogens is 384 g/mol. The molecule has 0 saturated heterocycles. The van der Waals surface area contributed by atoms with Crippen LogP contribution >= 0.6 is 0 Å². The van der Waals surface area contributed by atoms with Gasteiger partial charge in [0, 0.05) is 29.7 Å². The largest absolute Gasteiger partial charge is 0.467 e. The lowest BCUT2D eigenvalue weighted by atomic mass is 9.70. The molecule has 2 rings (SSSR count). The first-order valence-electron chi connectivity index (χ1n) is 9.68. The van der Waals surface area contributed by atoms with E-state index in [4.69, 9.17) is 15.6 Å². The number of benzene rings is 1. The second-order valence-corrected chi connectivity index (χ2v) is 8.24. The van der Waals surface area contributed by atoms with Crippen LogP contribution in [0.3, 0.4) is 0 Å². The summed E-state index contributed by atoms with van der Waals surface area (Å²) in [4.78, 5) is 24.3. The molecule has 0 aliphatic heterocycles. The molecule has 0 unspecified atom stereocenters. The van der Waals surface area contributed by atoms with E-state index < -0.39 is 29.1 Å². The molecule has 1 aliphatic rings. The van der Waals surface area contributed by atoms with E-state index >= 15 is 0 Å². The SMILES string of the molecule is COC(=O)[C@@H](NC(=O)c1ccc(C#CC#CCC2(O)CC(CO)C2)cc1)C(C)(C)N. The smallest absolute Gasteiger partial charge is 0.330 e.